The van der Waals surface area contributed by atoms with Gasteiger partial charge in [-0.15, -0.1) is 0 Å². The lowest BCUT2D eigenvalue weighted by Crippen LogP contribution is -2.10. The van der Waals surface area contributed by atoms with Gasteiger partial charge in [-0.05, 0) is 46.9 Å². The molecule has 2 nitrogen and oxygen atoms in total. The second-order valence-electron chi connectivity index (χ2n) is 7.51. The number of fused-ring (bicyclic) bond motifs is 1. The van der Waals surface area contributed by atoms with E-state index in [1.54, 1.807) is 0 Å². The molecule has 0 radical (unpaired) electrons. The maximum absolute atomic E-state index is 6.09. The maximum atomic E-state index is 6.09. The molecule has 3 heteroatoms. The topological polar surface area (TPSA) is 26.0 Å². The second-order valence-corrected chi connectivity index (χ2v) is 8.43. The lowest BCUT2D eigenvalue weighted by Gasteiger charge is -2.19. The van der Waals surface area contributed by atoms with Gasteiger partial charge in [-0.25, -0.2) is 4.98 Å². The van der Waals surface area contributed by atoms with Crippen molar-refractivity contribution in [1.82, 2.24) is 4.98 Å². The molecule has 0 N–H and O–H groups in total. The van der Waals surface area contributed by atoms with Crippen molar-refractivity contribution in [3.05, 3.63) is 76.8 Å². The molecule has 0 spiro atoms. The van der Waals surface area contributed by atoms with E-state index in [-0.39, 0.29) is 5.41 Å². The first kappa shape index (κ1) is 17.0. The Bertz CT molecular complexity index is 1090. The van der Waals surface area contributed by atoms with Crippen LogP contribution in [0, 0.1) is 0 Å². The predicted molar refractivity (Wildman–Crippen MR) is 111 cm³/mol. The number of halogens is 1. The predicted octanol–water partition coefficient (Wildman–Crippen LogP) is 7.22. The van der Waals surface area contributed by atoms with Crippen LogP contribution >= 0.6 is 15.9 Å². The van der Waals surface area contributed by atoms with Crippen LogP contribution in [0.1, 0.15) is 26.3 Å². The largest absolute Gasteiger partial charge is 0.436 e. The minimum absolute atomic E-state index is 0.0868. The molecule has 0 fully saturated rings. The summed E-state index contributed by atoms with van der Waals surface area (Å²) in [6.07, 6.45) is 0. The maximum Gasteiger partial charge on any atom is 0.227 e. The van der Waals surface area contributed by atoms with Crippen LogP contribution in [0.25, 0.3) is 33.7 Å². The van der Waals surface area contributed by atoms with Gasteiger partial charge >= 0.3 is 0 Å². The molecular weight excluding hydrogens is 386 g/mol. The quantitative estimate of drug-likeness (QED) is 0.351. The van der Waals surface area contributed by atoms with E-state index < -0.39 is 0 Å². The lowest BCUT2D eigenvalue weighted by molar-refractivity contribution is 0.588. The van der Waals surface area contributed by atoms with Crippen LogP contribution in [0.15, 0.2) is 75.6 Å². The normalized spacial score (nSPS) is 11.8. The fraction of sp³-hybridized carbons (Fsp3) is 0.174. The molecule has 0 aliphatic rings. The van der Waals surface area contributed by atoms with Crippen molar-refractivity contribution in [2.24, 2.45) is 0 Å². The number of oxazole rings is 1. The third kappa shape index (κ3) is 3.19. The summed E-state index contributed by atoms with van der Waals surface area (Å²) in [5.41, 5.74) is 6.25. The summed E-state index contributed by atoms with van der Waals surface area (Å²) in [5, 5.41) is 0. The zero-order chi connectivity index (χ0) is 18.3. The van der Waals surface area contributed by atoms with Crippen LogP contribution < -0.4 is 0 Å². The molecular formula is C23H20BrNO. The molecule has 0 unspecified atom stereocenters. The highest BCUT2D eigenvalue weighted by atomic mass is 79.9. The van der Waals surface area contributed by atoms with E-state index in [2.05, 4.69) is 79.2 Å². The highest BCUT2D eigenvalue weighted by molar-refractivity contribution is 9.10. The van der Waals surface area contributed by atoms with Crippen LogP contribution in [-0.4, -0.2) is 4.98 Å². The number of hydrogen-bond donors (Lipinski definition) is 0. The van der Waals surface area contributed by atoms with Gasteiger partial charge in [0.25, 0.3) is 0 Å². The van der Waals surface area contributed by atoms with Crippen LogP contribution in [-0.2, 0) is 5.41 Å². The first-order valence-corrected chi connectivity index (χ1v) is 9.47. The van der Waals surface area contributed by atoms with E-state index in [1.807, 2.05) is 24.3 Å². The number of rotatable bonds is 2. The Morgan fingerprint density at radius 3 is 2.35 bits per heavy atom. The van der Waals surface area contributed by atoms with Crippen molar-refractivity contribution < 1.29 is 4.42 Å². The molecule has 0 bridgehead atoms. The van der Waals surface area contributed by atoms with Gasteiger partial charge in [-0.1, -0.05) is 73.1 Å². The zero-order valence-corrected chi connectivity index (χ0v) is 16.7. The third-order valence-corrected chi connectivity index (χ3v) is 5.02. The van der Waals surface area contributed by atoms with Gasteiger partial charge in [0.1, 0.15) is 5.52 Å². The van der Waals surface area contributed by atoms with E-state index in [9.17, 15) is 0 Å². The fourth-order valence-electron chi connectivity index (χ4n) is 3.08. The smallest absolute Gasteiger partial charge is 0.227 e. The van der Waals surface area contributed by atoms with Crippen LogP contribution in [0.4, 0.5) is 0 Å². The summed E-state index contributed by atoms with van der Waals surface area (Å²) >= 11 is 3.55. The van der Waals surface area contributed by atoms with Crippen molar-refractivity contribution in [2.45, 2.75) is 26.2 Å². The van der Waals surface area contributed by atoms with Crippen LogP contribution in [0.2, 0.25) is 0 Å². The first-order chi connectivity index (χ1) is 12.4. The minimum atomic E-state index is 0.0868. The van der Waals surface area contributed by atoms with E-state index in [4.69, 9.17) is 9.40 Å². The van der Waals surface area contributed by atoms with Crippen molar-refractivity contribution >= 4 is 27.0 Å². The Kier molecular flexibility index (Phi) is 4.20. The molecule has 0 saturated heterocycles. The Balaban J connectivity index is 1.86. The SMILES string of the molecule is CC(C)(C)c1cccc(-c2nc3c(-c4cccc(Br)c4)cccc3o2)c1. The molecule has 1 heterocycles. The van der Waals surface area contributed by atoms with Gasteiger partial charge in [0.05, 0.1) is 0 Å². The van der Waals surface area contributed by atoms with Gasteiger partial charge in [0.2, 0.25) is 5.89 Å². The van der Waals surface area contributed by atoms with E-state index >= 15 is 0 Å². The Morgan fingerprint density at radius 1 is 0.846 bits per heavy atom. The Morgan fingerprint density at radius 2 is 1.58 bits per heavy atom. The zero-order valence-electron chi connectivity index (χ0n) is 15.1. The third-order valence-electron chi connectivity index (χ3n) is 4.53. The summed E-state index contributed by atoms with van der Waals surface area (Å²) in [7, 11) is 0. The van der Waals surface area contributed by atoms with Crippen molar-refractivity contribution in [3.8, 4) is 22.6 Å². The standard InChI is InChI=1S/C23H20BrNO/c1-23(2,3)17-9-4-8-16(13-17)22-25-21-19(11-6-12-20(21)26-22)15-7-5-10-18(24)14-15/h4-14H,1-3H3. The number of hydrogen-bond acceptors (Lipinski definition) is 2. The second kappa shape index (κ2) is 6.40. The average molecular weight is 406 g/mol. The number of para-hydroxylation sites is 1. The molecule has 4 rings (SSSR count). The molecule has 130 valence electrons. The van der Waals surface area contributed by atoms with Gasteiger partial charge in [0, 0.05) is 15.6 Å². The first-order valence-electron chi connectivity index (χ1n) is 8.68. The van der Waals surface area contributed by atoms with E-state index in [0.29, 0.717) is 5.89 Å². The summed E-state index contributed by atoms with van der Waals surface area (Å²) in [6.45, 7) is 6.64. The number of aromatic nitrogens is 1. The average Bonchev–Trinajstić information content (AvgIpc) is 3.05. The number of nitrogens with zero attached hydrogens (tertiary/aromatic N) is 1. The summed E-state index contributed by atoms with van der Waals surface area (Å²) in [6, 6.07) is 22.8. The summed E-state index contributed by atoms with van der Waals surface area (Å²) in [4.78, 5) is 4.83. The van der Waals surface area contributed by atoms with Crippen molar-refractivity contribution in [3.63, 3.8) is 0 Å². The number of benzene rings is 3. The van der Waals surface area contributed by atoms with Gasteiger partial charge in [-0.3, -0.25) is 0 Å². The Labute approximate surface area is 162 Å². The molecule has 0 atom stereocenters. The van der Waals surface area contributed by atoms with Crippen LogP contribution in [0.5, 0.6) is 0 Å². The van der Waals surface area contributed by atoms with Gasteiger partial charge in [0.15, 0.2) is 5.58 Å². The molecule has 26 heavy (non-hydrogen) atoms. The lowest BCUT2D eigenvalue weighted by atomic mass is 9.86. The summed E-state index contributed by atoms with van der Waals surface area (Å²) < 4.78 is 7.14. The van der Waals surface area contributed by atoms with E-state index in [0.717, 1.165) is 32.3 Å². The minimum Gasteiger partial charge on any atom is -0.436 e. The summed E-state index contributed by atoms with van der Waals surface area (Å²) in [5.74, 6) is 0.661. The molecule has 0 aliphatic heterocycles. The molecule has 1 aromatic heterocycles. The molecule has 4 aromatic rings. The molecule has 0 aliphatic carbocycles. The molecule has 0 amide bonds. The highest BCUT2D eigenvalue weighted by Crippen LogP contribution is 2.34. The van der Waals surface area contributed by atoms with Gasteiger partial charge < -0.3 is 4.42 Å². The van der Waals surface area contributed by atoms with Crippen molar-refractivity contribution in [2.75, 3.05) is 0 Å². The van der Waals surface area contributed by atoms with Crippen LogP contribution in [0.3, 0.4) is 0 Å². The molecule has 0 saturated carbocycles. The van der Waals surface area contributed by atoms with E-state index in [1.165, 1.54) is 5.56 Å². The van der Waals surface area contributed by atoms with Crippen molar-refractivity contribution in [1.29, 1.82) is 0 Å². The molecule has 3 aromatic carbocycles. The Hall–Kier alpha value is -2.39. The van der Waals surface area contributed by atoms with Gasteiger partial charge in [-0.2, -0.15) is 0 Å². The monoisotopic (exact) mass is 405 g/mol. The fourth-order valence-corrected chi connectivity index (χ4v) is 3.48. The highest BCUT2D eigenvalue weighted by Gasteiger charge is 2.17.